The lowest BCUT2D eigenvalue weighted by Crippen LogP contribution is -2.08. The number of hydrogen-bond acceptors (Lipinski definition) is 5. The van der Waals surface area contributed by atoms with E-state index in [1.165, 1.54) is 23.9 Å². The van der Waals surface area contributed by atoms with Crippen molar-refractivity contribution in [2.45, 2.75) is 37.0 Å². The van der Waals surface area contributed by atoms with Crippen molar-refractivity contribution in [3.63, 3.8) is 0 Å². The molecule has 2 aromatic heterocycles. The minimum Gasteiger partial charge on any atom is -0.366 e. The molecule has 0 aliphatic heterocycles. The third-order valence-electron chi connectivity index (χ3n) is 4.44. The summed E-state index contributed by atoms with van der Waals surface area (Å²) in [4.78, 5) is 9.09. The maximum absolute atomic E-state index is 13.4. The number of nitrogens with one attached hydrogen (secondary N) is 1. The number of thioether (sulfide) groups is 1. The standard InChI is InChI=1S/C17H17F2N5S.ClH/c1-3-24-16-11(8-20-24)15(22-17(23-16)25-2)21-14-7-10(14)9-4-5-12(18)13(19)6-9;/h4-6,8,10,14H,3,7H2,1-2H3,(H,21,22,23);1H/t10-,14+;/m0./s1. The zero-order valence-corrected chi connectivity index (χ0v) is 15.9. The van der Waals surface area contributed by atoms with E-state index < -0.39 is 11.6 Å². The molecule has 0 amide bonds. The van der Waals surface area contributed by atoms with Crippen LogP contribution in [0.4, 0.5) is 14.6 Å². The van der Waals surface area contributed by atoms with Crippen LogP contribution in [0.5, 0.6) is 0 Å². The molecule has 9 heteroatoms. The molecule has 1 N–H and O–H groups in total. The lowest BCUT2D eigenvalue weighted by molar-refractivity contribution is 0.507. The molecule has 26 heavy (non-hydrogen) atoms. The van der Waals surface area contributed by atoms with Crippen molar-refractivity contribution in [3.05, 3.63) is 41.6 Å². The smallest absolute Gasteiger partial charge is 0.191 e. The summed E-state index contributed by atoms with van der Waals surface area (Å²) in [6.45, 7) is 2.75. The van der Waals surface area contributed by atoms with Crippen molar-refractivity contribution in [2.24, 2.45) is 0 Å². The predicted molar refractivity (Wildman–Crippen MR) is 101 cm³/mol. The quantitative estimate of drug-likeness (QED) is 0.515. The molecule has 1 fully saturated rings. The molecule has 5 nitrogen and oxygen atoms in total. The summed E-state index contributed by atoms with van der Waals surface area (Å²) in [6, 6.07) is 4.24. The van der Waals surface area contributed by atoms with Gasteiger partial charge in [0.1, 0.15) is 5.82 Å². The van der Waals surface area contributed by atoms with E-state index in [-0.39, 0.29) is 24.4 Å². The summed E-state index contributed by atoms with van der Waals surface area (Å²) in [5.41, 5.74) is 1.60. The Kier molecular flexibility index (Phi) is 5.34. The SMILES string of the molecule is CCn1ncc2c(N[C@@H]3C[C@H]3c3ccc(F)c(F)c3)nc(SC)nc21.Cl. The molecule has 3 aromatic rings. The molecule has 1 aliphatic carbocycles. The summed E-state index contributed by atoms with van der Waals surface area (Å²) in [7, 11) is 0. The van der Waals surface area contributed by atoms with Gasteiger partial charge in [-0.2, -0.15) is 5.10 Å². The van der Waals surface area contributed by atoms with Crippen LogP contribution in [0, 0.1) is 11.6 Å². The Hall–Kier alpha value is -1.93. The predicted octanol–water partition coefficient (Wildman–Crippen LogP) is 4.24. The van der Waals surface area contributed by atoms with Gasteiger partial charge >= 0.3 is 0 Å². The number of benzene rings is 1. The Morgan fingerprint density at radius 2 is 2.08 bits per heavy atom. The molecule has 2 heterocycles. The fourth-order valence-electron chi connectivity index (χ4n) is 3.01. The highest BCUT2D eigenvalue weighted by Gasteiger charge is 2.39. The van der Waals surface area contributed by atoms with Crippen molar-refractivity contribution in [2.75, 3.05) is 11.6 Å². The molecule has 0 unspecified atom stereocenters. The maximum atomic E-state index is 13.4. The second kappa shape index (κ2) is 7.36. The second-order valence-corrected chi connectivity index (χ2v) is 6.80. The van der Waals surface area contributed by atoms with Crippen LogP contribution in [0.15, 0.2) is 29.6 Å². The van der Waals surface area contributed by atoms with Gasteiger partial charge in [-0.15, -0.1) is 12.4 Å². The first-order valence-corrected chi connectivity index (χ1v) is 9.32. The number of anilines is 1. The van der Waals surface area contributed by atoms with Gasteiger partial charge in [-0.05, 0) is 37.3 Å². The second-order valence-electron chi connectivity index (χ2n) is 6.02. The van der Waals surface area contributed by atoms with Crippen LogP contribution >= 0.6 is 24.2 Å². The minimum absolute atomic E-state index is 0. The summed E-state index contributed by atoms with van der Waals surface area (Å²) in [5.74, 6) is -0.729. The molecule has 138 valence electrons. The lowest BCUT2D eigenvalue weighted by Gasteiger charge is -2.08. The summed E-state index contributed by atoms with van der Waals surface area (Å²) in [5, 5.41) is 9.32. The van der Waals surface area contributed by atoms with Crippen molar-refractivity contribution >= 4 is 41.0 Å². The third-order valence-corrected chi connectivity index (χ3v) is 4.99. The maximum Gasteiger partial charge on any atom is 0.191 e. The van der Waals surface area contributed by atoms with Crippen LogP contribution in [0.25, 0.3) is 11.0 Å². The summed E-state index contributed by atoms with van der Waals surface area (Å²) < 4.78 is 28.4. The van der Waals surface area contributed by atoms with Crippen molar-refractivity contribution in [3.8, 4) is 0 Å². The van der Waals surface area contributed by atoms with Crippen LogP contribution < -0.4 is 5.32 Å². The van der Waals surface area contributed by atoms with Gasteiger partial charge in [0.15, 0.2) is 22.4 Å². The molecule has 0 radical (unpaired) electrons. The van der Waals surface area contributed by atoms with Crippen LogP contribution in [-0.2, 0) is 6.54 Å². The molecular weight excluding hydrogens is 380 g/mol. The van der Waals surface area contributed by atoms with Gasteiger partial charge in [0.2, 0.25) is 0 Å². The van der Waals surface area contributed by atoms with Gasteiger partial charge in [-0.3, -0.25) is 0 Å². The number of aromatic nitrogens is 4. The van der Waals surface area contributed by atoms with Crippen LogP contribution in [0.1, 0.15) is 24.8 Å². The molecule has 1 aromatic carbocycles. The van der Waals surface area contributed by atoms with E-state index in [1.54, 1.807) is 12.3 Å². The molecule has 0 bridgehead atoms. The Morgan fingerprint density at radius 3 is 2.77 bits per heavy atom. The van der Waals surface area contributed by atoms with Crippen LogP contribution in [0.2, 0.25) is 0 Å². The average molecular weight is 398 g/mol. The summed E-state index contributed by atoms with van der Waals surface area (Å²) in [6.07, 6.45) is 4.55. The van der Waals surface area contributed by atoms with Crippen molar-refractivity contribution < 1.29 is 8.78 Å². The fourth-order valence-corrected chi connectivity index (χ4v) is 3.37. The third kappa shape index (κ3) is 3.35. The van der Waals surface area contributed by atoms with E-state index in [0.29, 0.717) is 5.16 Å². The van der Waals surface area contributed by atoms with Gasteiger partial charge < -0.3 is 5.32 Å². The largest absolute Gasteiger partial charge is 0.366 e. The van der Waals surface area contributed by atoms with Gasteiger partial charge in [0.25, 0.3) is 0 Å². The molecule has 0 spiro atoms. The summed E-state index contributed by atoms with van der Waals surface area (Å²) >= 11 is 1.47. The van der Waals surface area contributed by atoms with E-state index in [4.69, 9.17) is 0 Å². The van der Waals surface area contributed by atoms with E-state index >= 15 is 0 Å². The first-order valence-electron chi connectivity index (χ1n) is 8.09. The minimum atomic E-state index is -0.817. The number of nitrogens with zero attached hydrogens (tertiary/aromatic N) is 4. The van der Waals surface area contributed by atoms with Crippen LogP contribution in [0.3, 0.4) is 0 Å². The van der Waals surface area contributed by atoms with Gasteiger partial charge in [-0.1, -0.05) is 17.8 Å². The monoisotopic (exact) mass is 397 g/mol. The molecule has 2 atom stereocenters. The highest BCUT2D eigenvalue weighted by molar-refractivity contribution is 7.98. The number of hydrogen-bond donors (Lipinski definition) is 1. The van der Waals surface area contributed by atoms with Crippen LogP contribution in [-0.4, -0.2) is 32.0 Å². The highest BCUT2D eigenvalue weighted by atomic mass is 35.5. The highest BCUT2D eigenvalue weighted by Crippen LogP contribution is 2.43. The Labute approximate surface area is 160 Å². The molecular formula is C17H18ClF2N5S. The number of fused-ring (bicyclic) bond motifs is 1. The first kappa shape index (κ1) is 18.8. The molecule has 1 saturated carbocycles. The Morgan fingerprint density at radius 1 is 1.27 bits per heavy atom. The number of halogens is 3. The lowest BCUT2D eigenvalue weighted by atomic mass is 10.1. The average Bonchev–Trinajstić information content (AvgIpc) is 3.25. The zero-order valence-electron chi connectivity index (χ0n) is 14.2. The molecule has 0 saturated heterocycles. The number of rotatable bonds is 5. The molecule has 1 aliphatic rings. The zero-order chi connectivity index (χ0) is 17.6. The van der Waals surface area contributed by atoms with Gasteiger partial charge in [0, 0.05) is 18.5 Å². The van der Waals surface area contributed by atoms with E-state index in [9.17, 15) is 8.78 Å². The van der Waals surface area contributed by atoms with E-state index in [1.807, 2.05) is 17.9 Å². The van der Waals surface area contributed by atoms with Crippen molar-refractivity contribution in [1.82, 2.24) is 19.7 Å². The Balaban J connectivity index is 0.00000196. The topological polar surface area (TPSA) is 55.6 Å². The van der Waals surface area contributed by atoms with E-state index in [0.717, 1.165) is 35.4 Å². The van der Waals surface area contributed by atoms with Gasteiger partial charge in [0.05, 0.1) is 11.6 Å². The normalized spacial score (nSPS) is 18.6. The molecule has 4 rings (SSSR count). The number of aryl methyl sites for hydroxylation is 1. The van der Waals surface area contributed by atoms with Gasteiger partial charge in [-0.25, -0.2) is 23.4 Å². The van der Waals surface area contributed by atoms with Crippen molar-refractivity contribution in [1.29, 1.82) is 0 Å². The van der Waals surface area contributed by atoms with E-state index in [2.05, 4.69) is 20.4 Å². The first-order chi connectivity index (χ1) is 12.1. The fraction of sp³-hybridized carbons (Fsp3) is 0.353. The Bertz CT molecular complexity index is 948.